The quantitative estimate of drug-likeness (QED) is 0.794. The van der Waals surface area contributed by atoms with Gasteiger partial charge in [-0.15, -0.1) is 0 Å². The number of hydrazine groups is 1. The van der Waals surface area contributed by atoms with Crippen molar-refractivity contribution in [3.8, 4) is 0 Å². The van der Waals surface area contributed by atoms with Gasteiger partial charge in [-0.05, 0) is 24.3 Å². The van der Waals surface area contributed by atoms with Gasteiger partial charge in [0.15, 0.2) is 0 Å². The fourth-order valence-electron chi connectivity index (χ4n) is 2.28. The first-order valence-electron chi connectivity index (χ1n) is 5.89. The van der Waals surface area contributed by atoms with E-state index in [4.69, 9.17) is 17.4 Å². The summed E-state index contributed by atoms with van der Waals surface area (Å²) < 4.78 is 14.1. The predicted octanol–water partition coefficient (Wildman–Crippen LogP) is 2.52. The molecule has 1 atom stereocenters. The van der Waals surface area contributed by atoms with E-state index in [1.54, 1.807) is 24.3 Å². The van der Waals surface area contributed by atoms with Crippen LogP contribution in [0.2, 0.25) is 5.02 Å². The van der Waals surface area contributed by atoms with E-state index in [1.807, 2.05) is 0 Å². The van der Waals surface area contributed by atoms with Crippen molar-refractivity contribution in [2.45, 2.75) is 5.72 Å². The number of hydrogen-bond donors (Lipinski definition) is 2. The molecule has 0 amide bonds. The Morgan fingerprint density at radius 3 is 2.70 bits per heavy atom. The van der Waals surface area contributed by atoms with Gasteiger partial charge in [0.2, 0.25) is 5.72 Å². The number of hydrogen-bond acceptors (Lipinski definition) is 4. The van der Waals surface area contributed by atoms with Crippen LogP contribution in [-0.4, -0.2) is 16.5 Å². The number of halogens is 2. The maximum atomic E-state index is 14.1. The van der Waals surface area contributed by atoms with Gasteiger partial charge in [-0.2, -0.15) is 0 Å². The molecule has 6 heteroatoms. The van der Waals surface area contributed by atoms with E-state index in [2.05, 4.69) is 4.99 Å². The number of fused-ring (bicyclic) bond motifs is 1. The Morgan fingerprint density at radius 2 is 1.95 bits per heavy atom. The molecule has 4 nitrogen and oxygen atoms in total. The van der Waals surface area contributed by atoms with Crippen molar-refractivity contribution in [1.29, 1.82) is 0 Å². The average Bonchev–Trinajstić information content (AvgIpc) is 2.44. The first-order valence-corrected chi connectivity index (χ1v) is 6.27. The van der Waals surface area contributed by atoms with Crippen LogP contribution in [0.4, 0.5) is 10.1 Å². The Bertz CT molecular complexity index is 707. The van der Waals surface area contributed by atoms with Crippen molar-refractivity contribution in [2.75, 3.05) is 0 Å². The molecule has 1 aliphatic heterocycles. The van der Waals surface area contributed by atoms with Crippen molar-refractivity contribution >= 4 is 23.6 Å². The Morgan fingerprint density at radius 1 is 1.20 bits per heavy atom. The van der Waals surface area contributed by atoms with Gasteiger partial charge in [0, 0.05) is 16.1 Å². The second-order valence-electron chi connectivity index (χ2n) is 4.47. The first kappa shape index (κ1) is 13.1. The highest BCUT2D eigenvalue weighted by molar-refractivity contribution is 6.30. The summed E-state index contributed by atoms with van der Waals surface area (Å²) in [5.41, 5.74) is -0.994. The lowest BCUT2D eigenvalue weighted by atomic mass is 9.91. The van der Waals surface area contributed by atoms with E-state index in [0.717, 1.165) is 5.01 Å². The van der Waals surface area contributed by atoms with Crippen LogP contribution in [0.15, 0.2) is 47.5 Å². The molecule has 2 aromatic carbocycles. The number of nitrogens with two attached hydrogens (primary N) is 1. The highest BCUT2D eigenvalue weighted by Crippen LogP contribution is 2.41. The molecule has 0 fully saturated rings. The molecule has 3 N–H and O–H groups in total. The minimum absolute atomic E-state index is 0.0390. The molecular weight excluding hydrogens is 281 g/mol. The molecule has 102 valence electrons. The van der Waals surface area contributed by atoms with Crippen molar-refractivity contribution in [2.24, 2.45) is 10.8 Å². The van der Waals surface area contributed by atoms with Gasteiger partial charge in [0.25, 0.3) is 0 Å². The molecule has 2 aromatic rings. The number of aliphatic imine (C=N–C) groups is 1. The third-order valence-corrected chi connectivity index (χ3v) is 3.51. The van der Waals surface area contributed by atoms with E-state index in [-0.39, 0.29) is 5.56 Å². The molecule has 0 saturated heterocycles. The standard InChI is InChI=1S/C14H11ClFN3O/c15-9-5-6-13-11(7-9)14(20,19(17)8-18-13)10-3-1-2-4-12(10)16/h1-8,20H,17H2. The van der Waals surface area contributed by atoms with E-state index in [9.17, 15) is 9.50 Å². The lowest BCUT2D eigenvalue weighted by Crippen LogP contribution is -2.52. The molecule has 0 radical (unpaired) electrons. The third kappa shape index (κ3) is 1.79. The van der Waals surface area contributed by atoms with Crippen LogP contribution in [0, 0.1) is 5.82 Å². The smallest absolute Gasteiger partial charge is 0.210 e. The summed E-state index contributed by atoms with van der Waals surface area (Å²) in [6, 6.07) is 10.7. The summed E-state index contributed by atoms with van der Waals surface area (Å²) in [5.74, 6) is 5.24. The highest BCUT2D eigenvalue weighted by Gasteiger charge is 2.42. The summed E-state index contributed by atoms with van der Waals surface area (Å²) >= 11 is 5.96. The first-order chi connectivity index (χ1) is 9.53. The van der Waals surface area contributed by atoms with Crippen LogP contribution < -0.4 is 5.84 Å². The molecule has 0 spiro atoms. The third-order valence-electron chi connectivity index (χ3n) is 3.28. The normalized spacial score (nSPS) is 20.9. The van der Waals surface area contributed by atoms with Gasteiger partial charge < -0.3 is 5.11 Å². The van der Waals surface area contributed by atoms with Gasteiger partial charge in [0.05, 0.1) is 5.69 Å². The van der Waals surface area contributed by atoms with E-state index < -0.39 is 11.5 Å². The molecule has 1 heterocycles. The zero-order chi connectivity index (χ0) is 14.3. The van der Waals surface area contributed by atoms with E-state index in [0.29, 0.717) is 16.3 Å². The van der Waals surface area contributed by atoms with Crippen LogP contribution in [0.3, 0.4) is 0 Å². The topological polar surface area (TPSA) is 61.8 Å². The summed E-state index contributed by atoms with van der Waals surface area (Å²) in [4.78, 5) is 4.10. The van der Waals surface area contributed by atoms with Crippen molar-refractivity contribution in [1.82, 2.24) is 5.01 Å². The molecule has 0 aliphatic carbocycles. The summed E-state index contributed by atoms with van der Waals surface area (Å²) in [6.45, 7) is 0. The number of aliphatic hydroxyl groups is 1. The Kier molecular flexibility index (Phi) is 2.97. The van der Waals surface area contributed by atoms with Crippen molar-refractivity contribution < 1.29 is 9.50 Å². The molecule has 20 heavy (non-hydrogen) atoms. The molecule has 0 bridgehead atoms. The predicted molar refractivity (Wildman–Crippen MR) is 75.0 cm³/mol. The summed E-state index contributed by atoms with van der Waals surface area (Å²) in [6.07, 6.45) is 1.25. The van der Waals surface area contributed by atoms with Crippen LogP contribution in [0.1, 0.15) is 11.1 Å². The number of nitrogens with zero attached hydrogens (tertiary/aromatic N) is 2. The molecule has 1 unspecified atom stereocenters. The van der Waals surface area contributed by atoms with Crippen LogP contribution in [-0.2, 0) is 5.72 Å². The van der Waals surface area contributed by atoms with Crippen LogP contribution in [0.5, 0.6) is 0 Å². The van der Waals surface area contributed by atoms with Gasteiger partial charge in [-0.3, -0.25) is 5.01 Å². The van der Waals surface area contributed by atoms with Gasteiger partial charge >= 0.3 is 0 Å². The highest BCUT2D eigenvalue weighted by atomic mass is 35.5. The van der Waals surface area contributed by atoms with E-state index >= 15 is 0 Å². The Hall–Kier alpha value is -1.95. The van der Waals surface area contributed by atoms with E-state index in [1.165, 1.54) is 24.5 Å². The Balaban J connectivity index is 2.30. The summed E-state index contributed by atoms with van der Waals surface area (Å²) in [7, 11) is 0. The fourth-order valence-corrected chi connectivity index (χ4v) is 2.45. The molecule has 0 saturated carbocycles. The number of rotatable bonds is 1. The van der Waals surface area contributed by atoms with Crippen molar-refractivity contribution in [3.63, 3.8) is 0 Å². The fraction of sp³-hybridized carbons (Fsp3) is 0.0714. The number of benzene rings is 2. The lowest BCUT2D eigenvalue weighted by molar-refractivity contribution is -0.0401. The van der Waals surface area contributed by atoms with Crippen molar-refractivity contribution in [3.05, 3.63) is 64.4 Å². The SMILES string of the molecule is NN1C=Nc2ccc(Cl)cc2C1(O)c1ccccc1F. The van der Waals surface area contributed by atoms with Crippen LogP contribution >= 0.6 is 11.6 Å². The largest absolute Gasteiger partial charge is 0.362 e. The molecule has 1 aliphatic rings. The zero-order valence-electron chi connectivity index (χ0n) is 10.3. The molecule has 3 rings (SSSR count). The van der Waals surface area contributed by atoms with Gasteiger partial charge in [-0.25, -0.2) is 15.2 Å². The van der Waals surface area contributed by atoms with Gasteiger partial charge in [0.1, 0.15) is 12.2 Å². The summed E-state index contributed by atoms with van der Waals surface area (Å²) in [5, 5.41) is 12.3. The maximum Gasteiger partial charge on any atom is 0.210 e. The minimum Gasteiger partial charge on any atom is -0.362 e. The van der Waals surface area contributed by atoms with Crippen LogP contribution in [0.25, 0.3) is 0 Å². The second kappa shape index (κ2) is 4.56. The monoisotopic (exact) mass is 291 g/mol. The lowest BCUT2D eigenvalue weighted by Gasteiger charge is -2.39. The average molecular weight is 292 g/mol. The molecule has 0 aromatic heterocycles. The van der Waals surface area contributed by atoms with Gasteiger partial charge in [-0.1, -0.05) is 29.8 Å². The Labute approximate surface area is 119 Å². The second-order valence-corrected chi connectivity index (χ2v) is 4.90. The maximum absolute atomic E-state index is 14.1. The minimum atomic E-state index is -1.85. The zero-order valence-corrected chi connectivity index (χ0v) is 11.0. The molecular formula is C14H11ClFN3O.